The van der Waals surface area contributed by atoms with Gasteiger partial charge in [-0.1, -0.05) is 23.7 Å². The molecule has 0 fully saturated rings. The van der Waals surface area contributed by atoms with Gasteiger partial charge in [-0.2, -0.15) is 9.61 Å². The third-order valence-electron chi connectivity index (χ3n) is 5.77. The molecule has 3 heterocycles. The Kier molecular flexibility index (Phi) is 6.15. The van der Waals surface area contributed by atoms with Crippen LogP contribution in [0.4, 0.5) is 8.78 Å². The van der Waals surface area contributed by atoms with E-state index in [1.165, 1.54) is 6.07 Å². The average Bonchev–Trinajstić information content (AvgIpc) is 3.28. The molecular weight excluding hydrogens is 490 g/mol. The largest absolute Gasteiger partial charge is 0.497 e. The lowest BCUT2D eigenvalue weighted by Crippen LogP contribution is -2.29. The van der Waals surface area contributed by atoms with E-state index in [-0.39, 0.29) is 17.2 Å². The maximum Gasteiger partial charge on any atom is 0.264 e. The first-order chi connectivity index (χ1) is 17.2. The van der Waals surface area contributed by atoms with Gasteiger partial charge in [-0.3, -0.25) is 4.98 Å². The van der Waals surface area contributed by atoms with Gasteiger partial charge in [0.2, 0.25) is 0 Å². The SMILES string of the molecule is COc1ccc2c(OCc3nnc4ccc(-c5ccc([C@@H](N)C(C)(F)F)c(Cl)c5)nn34)ccnc2c1. The molecule has 2 aromatic carbocycles. The van der Waals surface area contributed by atoms with Gasteiger partial charge in [-0.05, 0) is 42.0 Å². The van der Waals surface area contributed by atoms with Crippen molar-refractivity contribution in [2.45, 2.75) is 25.5 Å². The van der Waals surface area contributed by atoms with E-state index in [1.807, 2.05) is 18.2 Å². The van der Waals surface area contributed by atoms with E-state index in [9.17, 15) is 8.78 Å². The van der Waals surface area contributed by atoms with Crippen LogP contribution in [0.5, 0.6) is 11.5 Å². The van der Waals surface area contributed by atoms with Gasteiger partial charge < -0.3 is 15.2 Å². The lowest BCUT2D eigenvalue weighted by Gasteiger charge is -2.21. The number of alkyl halides is 2. The Morgan fingerprint density at radius 1 is 1.08 bits per heavy atom. The second-order valence-corrected chi connectivity index (χ2v) is 8.66. The smallest absolute Gasteiger partial charge is 0.264 e. The van der Waals surface area contributed by atoms with Crippen LogP contribution in [0.3, 0.4) is 0 Å². The van der Waals surface area contributed by atoms with Crippen molar-refractivity contribution >= 4 is 28.2 Å². The van der Waals surface area contributed by atoms with Crippen LogP contribution in [0.15, 0.2) is 60.8 Å². The fourth-order valence-electron chi connectivity index (χ4n) is 3.79. The number of benzene rings is 2. The van der Waals surface area contributed by atoms with Crippen molar-refractivity contribution in [1.82, 2.24) is 24.8 Å². The molecule has 5 aromatic rings. The van der Waals surface area contributed by atoms with E-state index >= 15 is 0 Å². The summed E-state index contributed by atoms with van der Waals surface area (Å²) in [7, 11) is 1.60. The number of ether oxygens (including phenoxy) is 2. The fourth-order valence-corrected chi connectivity index (χ4v) is 4.08. The Labute approximate surface area is 209 Å². The minimum Gasteiger partial charge on any atom is -0.497 e. The molecule has 8 nitrogen and oxygen atoms in total. The highest BCUT2D eigenvalue weighted by molar-refractivity contribution is 6.31. The summed E-state index contributed by atoms with van der Waals surface area (Å²) in [5.74, 6) is -1.31. The quantitative estimate of drug-likeness (QED) is 0.320. The summed E-state index contributed by atoms with van der Waals surface area (Å²) in [5.41, 5.74) is 8.28. The summed E-state index contributed by atoms with van der Waals surface area (Å²) >= 11 is 6.29. The van der Waals surface area contributed by atoms with Crippen molar-refractivity contribution in [2.24, 2.45) is 5.73 Å². The number of fused-ring (bicyclic) bond motifs is 2. The van der Waals surface area contributed by atoms with Crippen molar-refractivity contribution in [3.63, 3.8) is 0 Å². The maximum absolute atomic E-state index is 13.7. The molecule has 2 N–H and O–H groups in total. The van der Waals surface area contributed by atoms with Crippen LogP contribution in [0.2, 0.25) is 5.02 Å². The predicted octanol–water partition coefficient (Wildman–Crippen LogP) is 5.24. The molecule has 1 atom stereocenters. The van der Waals surface area contributed by atoms with Gasteiger partial charge in [0.1, 0.15) is 18.1 Å². The van der Waals surface area contributed by atoms with Crippen LogP contribution in [0.25, 0.3) is 27.8 Å². The Balaban J connectivity index is 1.42. The molecule has 3 aromatic heterocycles. The monoisotopic (exact) mass is 510 g/mol. The highest BCUT2D eigenvalue weighted by Crippen LogP contribution is 2.35. The molecule has 0 aliphatic carbocycles. The number of nitrogens with zero attached hydrogens (tertiary/aromatic N) is 5. The topological polar surface area (TPSA) is 100 Å². The van der Waals surface area contributed by atoms with Crippen LogP contribution in [0, 0.1) is 0 Å². The highest BCUT2D eigenvalue weighted by Gasteiger charge is 2.33. The van der Waals surface area contributed by atoms with Crippen LogP contribution >= 0.6 is 11.6 Å². The Hall–Kier alpha value is -3.89. The summed E-state index contributed by atoms with van der Waals surface area (Å²) in [6.07, 6.45) is 1.66. The first-order valence-electron chi connectivity index (χ1n) is 10.9. The lowest BCUT2D eigenvalue weighted by atomic mass is 10.00. The summed E-state index contributed by atoms with van der Waals surface area (Å²) in [6.45, 7) is 0.863. The van der Waals surface area contributed by atoms with Crippen molar-refractivity contribution in [3.05, 3.63) is 77.2 Å². The van der Waals surface area contributed by atoms with Gasteiger partial charge in [0, 0.05) is 35.2 Å². The fraction of sp³-hybridized carbons (Fsp3) is 0.200. The molecule has 0 spiro atoms. The highest BCUT2D eigenvalue weighted by atomic mass is 35.5. The minimum atomic E-state index is -3.11. The Morgan fingerprint density at radius 2 is 1.92 bits per heavy atom. The van der Waals surface area contributed by atoms with Gasteiger partial charge in [-0.25, -0.2) is 8.78 Å². The van der Waals surface area contributed by atoms with E-state index in [2.05, 4.69) is 20.3 Å². The zero-order valence-electron chi connectivity index (χ0n) is 19.3. The molecule has 0 aliphatic rings. The predicted molar refractivity (Wildman–Crippen MR) is 131 cm³/mol. The molecule has 0 amide bonds. The van der Waals surface area contributed by atoms with Gasteiger partial charge >= 0.3 is 0 Å². The number of nitrogens with two attached hydrogens (primary N) is 1. The number of halogens is 3. The van der Waals surface area contributed by atoms with Crippen LogP contribution in [0.1, 0.15) is 24.4 Å². The standard InChI is InChI=1S/C25H21ClF2N6O2/c1-25(27,28)24(29)16-5-3-14(11-18(16)26)19-7-8-22-31-32-23(34(22)33-19)13-36-21-9-10-30-20-12-15(35-2)4-6-17(20)21/h3-12,24H,13,29H2,1-2H3/t24-/m1/s1. The Bertz CT molecular complexity index is 1570. The van der Waals surface area contributed by atoms with Crippen molar-refractivity contribution in [2.75, 3.05) is 7.11 Å². The van der Waals surface area contributed by atoms with E-state index in [0.717, 1.165) is 17.8 Å². The molecule has 11 heteroatoms. The second-order valence-electron chi connectivity index (χ2n) is 8.26. The van der Waals surface area contributed by atoms with E-state index in [4.69, 9.17) is 26.8 Å². The molecule has 0 saturated heterocycles. The second kappa shape index (κ2) is 9.29. The van der Waals surface area contributed by atoms with Gasteiger partial charge in [0.05, 0.1) is 24.4 Å². The van der Waals surface area contributed by atoms with E-state index < -0.39 is 12.0 Å². The summed E-state index contributed by atoms with van der Waals surface area (Å²) < 4.78 is 40.2. The molecule has 0 radical (unpaired) electrons. The van der Waals surface area contributed by atoms with Crippen LogP contribution in [-0.2, 0) is 6.61 Å². The summed E-state index contributed by atoms with van der Waals surface area (Å²) in [5, 5.41) is 13.9. The summed E-state index contributed by atoms with van der Waals surface area (Å²) in [4.78, 5) is 4.36. The van der Waals surface area contributed by atoms with Gasteiger partial charge in [0.15, 0.2) is 11.5 Å². The van der Waals surface area contributed by atoms with Crippen LogP contribution < -0.4 is 15.2 Å². The molecule has 184 valence electrons. The number of aromatic nitrogens is 5. The lowest BCUT2D eigenvalue weighted by molar-refractivity contribution is -0.00616. The third kappa shape index (κ3) is 4.52. The average molecular weight is 511 g/mol. The zero-order valence-corrected chi connectivity index (χ0v) is 20.1. The van der Waals surface area contributed by atoms with Crippen molar-refractivity contribution < 1.29 is 18.3 Å². The number of rotatable bonds is 7. The molecule has 0 aliphatic heterocycles. The van der Waals surface area contributed by atoms with E-state index in [0.29, 0.717) is 34.2 Å². The molecule has 36 heavy (non-hydrogen) atoms. The number of pyridine rings is 1. The number of hydrogen-bond donors (Lipinski definition) is 1. The van der Waals surface area contributed by atoms with Crippen molar-refractivity contribution in [3.8, 4) is 22.8 Å². The molecule has 0 unspecified atom stereocenters. The first-order valence-corrected chi connectivity index (χ1v) is 11.3. The van der Waals surface area contributed by atoms with Gasteiger partial charge in [-0.15, -0.1) is 10.2 Å². The first kappa shape index (κ1) is 23.8. The molecule has 0 saturated carbocycles. The minimum absolute atomic E-state index is 0.100. The maximum atomic E-state index is 13.7. The Morgan fingerprint density at radius 3 is 2.67 bits per heavy atom. The van der Waals surface area contributed by atoms with Gasteiger partial charge in [0.25, 0.3) is 5.92 Å². The molecular formula is C25H21ClF2N6O2. The third-order valence-corrected chi connectivity index (χ3v) is 6.10. The normalized spacial score (nSPS) is 12.7. The molecule has 5 rings (SSSR count). The van der Waals surface area contributed by atoms with Crippen LogP contribution in [-0.4, -0.2) is 37.8 Å². The zero-order chi connectivity index (χ0) is 25.4. The number of hydrogen-bond acceptors (Lipinski definition) is 7. The van der Waals surface area contributed by atoms with E-state index in [1.54, 1.807) is 48.2 Å². The van der Waals surface area contributed by atoms with Crippen molar-refractivity contribution in [1.29, 1.82) is 0 Å². The summed E-state index contributed by atoms with van der Waals surface area (Å²) in [6, 6.07) is 14.0. The molecule has 0 bridgehead atoms. The number of methoxy groups -OCH3 is 1.